The van der Waals surface area contributed by atoms with E-state index in [0.717, 1.165) is 22.6 Å². The molecule has 0 aliphatic rings. The van der Waals surface area contributed by atoms with Gasteiger partial charge in [-0.05, 0) is 6.54 Å². The molecular formula is C15H16N4O. The maximum atomic E-state index is 12.1. The van der Waals surface area contributed by atoms with Gasteiger partial charge in [-0.3, -0.25) is 4.79 Å². The first-order valence-corrected chi connectivity index (χ1v) is 6.55. The van der Waals surface area contributed by atoms with E-state index in [1.165, 1.54) is 4.52 Å². The van der Waals surface area contributed by atoms with E-state index < -0.39 is 0 Å². The van der Waals surface area contributed by atoms with Gasteiger partial charge in [-0.25, -0.2) is 0 Å². The van der Waals surface area contributed by atoms with Crippen molar-refractivity contribution in [3.8, 4) is 11.3 Å². The van der Waals surface area contributed by atoms with Gasteiger partial charge in [0.05, 0.1) is 5.69 Å². The summed E-state index contributed by atoms with van der Waals surface area (Å²) in [5.74, 6) is 0. The van der Waals surface area contributed by atoms with Crippen molar-refractivity contribution in [1.29, 1.82) is 0 Å². The Morgan fingerprint density at radius 1 is 1.20 bits per heavy atom. The molecule has 5 heteroatoms. The summed E-state index contributed by atoms with van der Waals surface area (Å²) in [7, 11) is 1.93. The van der Waals surface area contributed by atoms with Crippen LogP contribution in [0.4, 0.5) is 0 Å². The maximum Gasteiger partial charge on any atom is 0.274 e. The van der Waals surface area contributed by atoms with E-state index in [1.807, 2.05) is 48.0 Å². The molecule has 0 spiro atoms. The summed E-state index contributed by atoms with van der Waals surface area (Å²) < 4.78 is 3.40. The minimum atomic E-state index is -0.122. The lowest BCUT2D eigenvalue weighted by molar-refractivity contribution is 0.757. The summed E-state index contributed by atoms with van der Waals surface area (Å²) in [6.07, 6.45) is 0.675. The van der Waals surface area contributed by atoms with Gasteiger partial charge in [0.15, 0.2) is 0 Å². The SMILES string of the molecule is Cn1c(CCN)cc(=O)n2nc(-c3ccccc3)cc12. The zero-order valence-electron chi connectivity index (χ0n) is 11.3. The Bertz CT molecular complexity index is 802. The van der Waals surface area contributed by atoms with Gasteiger partial charge in [0.2, 0.25) is 0 Å². The highest BCUT2D eigenvalue weighted by molar-refractivity contribution is 5.64. The first kappa shape index (κ1) is 12.6. The number of rotatable bonds is 3. The van der Waals surface area contributed by atoms with E-state index in [-0.39, 0.29) is 5.56 Å². The highest BCUT2D eigenvalue weighted by Crippen LogP contribution is 2.18. The molecule has 5 nitrogen and oxygen atoms in total. The Labute approximate surface area is 116 Å². The van der Waals surface area contributed by atoms with Gasteiger partial charge in [0.25, 0.3) is 5.56 Å². The largest absolute Gasteiger partial charge is 0.333 e. The lowest BCUT2D eigenvalue weighted by Gasteiger charge is -2.08. The van der Waals surface area contributed by atoms with Crippen LogP contribution in [0.3, 0.4) is 0 Å². The molecule has 2 N–H and O–H groups in total. The van der Waals surface area contributed by atoms with Crippen molar-refractivity contribution in [1.82, 2.24) is 14.2 Å². The fourth-order valence-electron chi connectivity index (χ4n) is 2.36. The Balaban J connectivity index is 2.23. The van der Waals surface area contributed by atoms with Crippen LogP contribution in [0.2, 0.25) is 0 Å². The number of benzene rings is 1. The zero-order chi connectivity index (χ0) is 14.1. The molecule has 0 fully saturated rings. The van der Waals surface area contributed by atoms with Gasteiger partial charge in [-0.1, -0.05) is 30.3 Å². The molecule has 0 radical (unpaired) electrons. The zero-order valence-corrected chi connectivity index (χ0v) is 11.3. The monoisotopic (exact) mass is 268 g/mol. The molecule has 2 aromatic heterocycles. The van der Waals surface area contributed by atoms with Gasteiger partial charge in [-0.15, -0.1) is 0 Å². The second-order valence-electron chi connectivity index (χ2n) is 4.74. The average molecular weight is 268 g/mol. The molecule has 0 aliphatic carbocycles. The Morgan fingerprint density at radius 3 is 2.65 bits per heavy atom. The average Bonchev–Trinajstić information content (AvgIpc) is 2.92. The quantitative estimate of drug-likeness (QED) is 0.776. The van der Waals surface area contributed by atoms with E-state index in [2.05, 4.69) is 5.10 Å². The third-order valence-corrected chi connectivity index (χ3v) is 3.43. The van der Waals surface area contributed by atoms with Crippen LogP contribution in [0, 0.1) is 0 Å². The summed E-state index contributed by atoms with van der Waals surface area (Å²) in [5.41, 5.74) is 8.95. The van der Waals surface area contributed by atoms with Crippen LogP contribution in [0.5, 0.6) is 0 Å². The first-order valence-electron chi connectivity index (χ1n) is 6.55. The summed E-state index contributed by atoms with van der Waals surface area (Å²) in [5, 5.41) is 4.40. The molecule has 0 unspecified atom stereocenters. The van der Waals surface area contributed by atoms with Crippen LogP contribution in [-0.2, 0) is 13.5 Å². The predicted octanol–water partition coefficient (Wildman–Crippen LogP) is 1.20. The van der Waals surface area contributed by atoms with E-state index in [4.69, 9.17) is 5.73 Å². The number of hydrogen-bond donors (Lipinski definition) is 1. The van der Waals surface area contributed by atoms with Crippen molar-refractivity contribution in [2.24, 2.45) is 12.8 Å². The molecule has 0 saturated carbocycles. The first-order chi connectivity index (χ1) is 9.70. The lowest BCUT2D eigenvalue weighted by atomic mass is 10.2. The maximum absolute atomic E-state index is 12.1. The highest BCUT2D eigenvalue weighted by atomic mass is 16.1. The van der Waals surface area contributed by atoms with Crippen LogP contribution < -0.4 is 11.3 Å². The van der Waals surface area contributed by atoms with Crippen LogP contribution in [0.25, 0.3) is 16.9 Å². The third kappa shape index (κ3) is 2.02. The molecule has 1 aromatic carbocycles. The summed E-state index contributed by atoms with van der Waals surface area (Å²) >= 11 is 0. The van der Waals surface area contributed by atoms with Gasteiger partial charge in [0, 0.05) is 36.9 Å². The van der Waals surface area contributed by atoms with Crippen LogP contribution in [0.1, 0.15) is 5.69 Å². The van der Waals surface area contributed by atoms with E-state index in [0.29, 0.717) is 13.0 Å². The molecule has 3 rings (SSSR count). The Hall–Kier alpha value is -2.40. The third-order valence-electron chi connectivity index (χ3n) is 3.43. The number of nitrogens with zero attached hydrogens (tertiary/aromatic N) is 3. The highest BCUT2D eigenvalue weighted by Gasteiger charge is 2.10. The number of nitrogens with two attached hydrogens (primary N) is 1. The molecule has 0 bridgehead atoms. The van der Waals surface area contributed by atoms with Crippen LogP contribution >= 0.6 is 0 Å². The molecule has 102 valence electrons. The Kier molecular flexibility index (Phi) is 3.12. The van der Waals surface area contributed by atoms with Gasteiger partial charge < -0.3 is 10.3 Å². The molecule has 3 aromatic rings. The smallest absolute Gasteiger partial charge is 0.274 e. The van der Waals surface area contributed by atoms with Gasteiger partial charge in [0.1, 0.15) is 5.65 Å². The van der Waals surface area contributed by atoms with Crippen molar-refractivity contribution in [2.75, 3.05) is 6.54 Å². The standard InChI is InChI=1S/C15H16N4O/c1-18-12(7-8-16)9-15(20)19-14(18)10-13(17-19)11-5-3-2-4-6-11/h2-6,9-10H,7-8,16H2,1H3. The van der Waals surface area contributed by atoms with Gasteiger partial charge in [-0.2, -0.15) is 9.61 Å². The van der Waals surface area contributed by atoms with E-state index in [9.17, 15) is 4.79 Å². The second-order valence-corrected chi connectivity index (χ2v) is 4.74. The normalized spacial score (nSPS) is 11.1. The fourth-order valence-corrected chi connectivity index (χ4v) is 2.36. The summed E-state index contributed by atoms with van der Waals surface area (Å²) in [6.45, 7) is 0.517. The number of aryl methyl sites for hydroxylation is 1. The van der Waals surface area contributed by atoms with Crippen LogP contribution in [0.15, 0.2) is 47.3 Å². The minimum Gasteiger partial charge on any atom is -0.333 e. The molecule has 0 aliphatic heterocycles. The molecule has 0 amide bonds. The second kappa shape index (κ2) is 4.94. The number of aromatic nitrogens is 3. The van der Waals surface area contributed by atoms with Crippen molar-refractivity contribution in [3.05, 3.63) is 58.5 Å². The molecular weight excluding hydrogens is 252 g/mol. The number of fused-ring (bicyclic) bond motifs is 1. The Morgan fingerprint density at radius 2 is 1.95 bits per heavy atom. The fraction of sp³-hybridized carbons (Fsp3) is 0.200. The van der Waals surface area contributed by atoms with E-state index in [1.54, 1.807) is 6.07 Å². The summed E-state index contributed by atoms with van der Waals surface area (Å²) in [4.78, 5) is 12.1. The topological polar surface area (TPSA) is 65.3 Å². The van der Waals surface area contributed by atoms with Crippen molar-refractivity contribution in [2.45, 2.75) is 6.42 Å². The predicted molar refractivity (Wildman–Crippen MR) is 78.6 cm³/mol. The summed E-state index contributed by atoms with van der Waals surface area (Å²) in [6, 6.07) is 13.4. The number of hydrogen-bond acceptors (Lipinski definition) is 3. The van der Waals surface area contributed by atoms with Gasteiger partial charge >= 0.3 is 0 Å². The van der Waals surface area contributed by atoms with Crippen molar-refractivity contribution in [3.63, 3.8) is 0 Å². The minimum absolute atomic E-state index is 0.122. The van der Waals surface area contributed by atoms with Crippen LogP contribution in [-0.4, -0.2) is 20.7 Å². The molecule has 20 heavy (non-hydrogen) atoms. The van der Waals surface area contributed by atoms with Crippen molar-refractivity contribution >= 4 is 5.65 Å². The lowest BCUT2D eigenvalue weighted by Crippen LogP contribution is -2.21. The molecule has 2 heterocycles. The van der Waals surface area contributed by atoms with Crippen molar-refractivity contribution < 1.29 is 0 Å². The molecule has 0 saturated heterocycles. The van der Waals surface area contributed by atoms with E-state index >= 15 is 0 Å². The molecule has 0 atom stereocenters.